The van der Waals surface area contributed by atoms with Crippen molar-refractivity contribution in [2.45, 2.75) is 71.8 Å². The second-order valence-corrected chi connectivity index (χ2v) is 7.78. The minimum Gasteiger partial charge on any atom is -0.338 e. The number of urea groups is 1. The van der Waals surface area contributed by atoms with Gasteiger partial charge < -0.3 is 15.1 Å². The third-order valence-electron chi connectivity index (χ3n) is 5.62. The van der Waals surface area contributed by atoms with Gasteiger partial charge in [-0.15, -0.1) is 0 Å². The first kappa shape index (κ1) is 22.3. The predicted molar refractivity (Wildman–Crippen MR) is 114 cm³/mol. The zero-order chi connectivity index (χ0) is 20.4. The van der Waals surface area contributed by atoms with Gasteiger partial charge in [-0.25, -0.2) is 4.79 Å². The summed E-state index contributed by atoms with van der Waals surface area (Å²) in [6, 6.07) is 8.30. The number of hydrogen-bond donors (Lipinski definition) is 1. The van der Waals surface area contributed by atoms with Crippen molar-refractivity contribution >= 4 is 11.9 Å². The van der Waals surface area contributed by atoms with E-state index in [0.29, 0.717) is 13.1 Å². The minimum atomic E-state index is -0.108. The van der Waals surface area contributed by atoms with Gasteiger partial charge in [0.15, 0.2) is 0 Å². The summed E-state index contributed by atoms with van der Waals surface area (Å²) in [4.78, 5) is 29.3. The molecule has 1 aromatic rings. The number of benzene rings is 1. The van der Waals surface area contributed by atoms with E-state index in [1.165, 1.54) is 17.5 Å². The van der Waals surface area contributed by atoms with Gasteiger partial charge >= 0.3 is 6.03 Å². The van der Waals surface area contributed by atoms with Crippen molar-refractivity contribution < 1.29 is 9.59 Å². The van der Waals surface area contributed by atoms with Gasteiger partial charge in [0, 0.05) is 19.6 Å². The number of unbranched alkanes of at least 4 members (excludes halogenated alkanes) is 4. The molecule has 28 heavy (non-hydrogen) atoms. The molecule has 0 spiro atoms. The van der Waals surface area contributed by atoms with Crippen molar-refractivity contribution in [3.8, 4) is 0 Å². The highest BCUT2D eigenvalue weighted by molar-refractivity contribution is 5.84. The number of nitrogens with one attached hydrogen (secondary N) is 1. The Balaban J connectivity index is 1.99. The fourth-order valence-electron chi connectivity index (χ4n) is 3.83. The Kier molecular flexibility index (Phi) is 9.32. The van der Waals surface area contributed by atoms with Crippen LogP contribution in [0.2, 0.25) is 0 Å². The van der Waals surface area contributed by atoms with Crippen molar-refractivity contribution in [2.24, 2.45) is 0 Å². The highest BCUT2D eigenvalue weighted by Gasteiger charge is 2.29. The van der Waals surface area contributed by atoms with Crippen LogP contribution >= 0.6 is 0 Å². The molecule has 0 aromatic heterocycles. The Morgan fingerprint density at radius 1 is 1.11 bits per heavy atom. The Morgan fingerprint density at radius 2 is 1.86 bits per heavy atom. The lowest BCUT2D eigenvalue weighted by atomic mass is 9.93. The number of carbonyl (C=O) groups is 2. The fraction of sp³-hybridized carbons (Fsp3) is 0.652. The van der Waals surface area contributed by atoms with Gasteiger partial charge in [0.1, 0.15) is 6.54 Å². The number of carbonyl (C=O) groups excluding carboxylic acids is 2. The van der Waals surface area contributed by atoms with Crippen molar-refractivity contribution in [1.29, 1.82) is 0 Å². The molecule has 5 nitrogen and oxygen atoms in total. The quantitative estimate of drug-likeness (QED) is 0.600. The van der Waals surface area contributed by atoms with Gasteiger partial charge in [-0.2, -0.15) is 0 Å². The number of fused-ring (bicyclic) bond motifs is 1. The van der Waals surface area contributed by atoms with Gasteiger partial charge in [0.25, 0.3) is 0 Å². The number of rotatable bonds is 10. The largest absolute Gasteiger partial charge is 0.338 e. The van der Waals surface area contributed by atoms with Gasteiger partial charge in [-0.1, -0.05) is 63.8 Å². The number of amides is 3. The van der Waals surface area contributed by atoms with Gasteiger partial charge in [0.05, 0.1) is 6.04 Å². The third-order valence-corrected chi connectivity index (χ3v) is 5.62. The molecule has 0 radical (unpaired) electrons. The molecule has 1 heterocycles. The van der Waals surface area contributed by atoms with Crippen molar-refractivity contribution in [2.75, 3.05) is 26.2 Å². The first-order chi connectivity index (χ1) is 13.6. The Labute approximate surface area is 170 Å². The van der Waals surface area contributed by atoms with Crippen LogP contribution in [0.1, 0.15) is 76.5 Å². The second kappa shape index (κ2) is 11.7. The van der Waals surface area contributed by atoms with Crippen LogP contribution in [-0.4, -0.2) is 47.9 Å². The monoisotopic (exact) mass is 387 g/mol. The molecule has 2 rings (SSSR count). The average molecular weight is 388 g/mol. The van der Waals surface area contributed by atoms with Crippen molar-refractivity contribution in [3.63, 3.8) is 0 Å². The van der Waals surface area contributed by atoms with Gasteiger partial charge in [-0.05, 0) is 37.3 Å². The summed E-state index contributed by atoms with van der Waals surface area (Å²) in [5.41, 5.74) is 2.55. The Hall–Kier alpha value is -2.04. The summed E-state index contributed by atoms with van der Waals surface area (Å²) in [5, 5.41) is 2.98. The first-order valence-electron chi connectivity index (χ1n) is 11.0. The van der Waals surface area contributed by atoms with Crippen LogP contribution in [-0.2, 0) is 11.2 Å². The zero-order valence-electron chi connectivity index (χ0n) is 17.9. The summed E-state index contributed by atoms with van der Waals surface area (Å²) in [7, 11) is 0. The standard InChI is InChI=1S/C23H37N3O2/c1-4-6-8-11-16-25(23(28)24-15-7-5-2)18-22(27)26-17-14-20-12-9-10-13-21(20)19(26)3/h9-10,12-13,19H,4-8,11,14-18H2,1-3H3,(H,24,28). The van der Waals surface area contributed by atoms with Crippen LogP contribution in [0.3, 0.4) is 0 Å². The predicted octanol–water partition coefficient (Wildman–Crippen LogP) is 4.52. The van der Waals surface area contributed by atoms with Crippen LogP contribution < -0.4 is 5.32 Å². The van der Waals surface area contributed by atoms with E-state index in [4.69, 9.17) is 0 Å². The number of nitrogens with zero attached hydrogens (tertiary/aromatic N) is 2. The van der Waals surface area contributed by atoms with E-state index in [-0.39, 0.29) is 24.5 Å². The van der Waals surface area contributed by atoms with Crippen LogP contribution in [0.15, 0.2) is 24.3 Å². The van der Waals surface area contributed by atoms with Crippen molar-refractivity contribution in [3.05, 3.63) is 35.4 Å². The molecule has 0 aliphatic carbocycles. The van der Waals surface area contributed by atoms with E-state index in [2.05, 4.69) is 44.3 Å². The number of hydrogen-bond acceptors (Lipinski definition) is 2. The second-order valence-electron chi connectivity index (χ2n) is 7.78. The molecule has 1 aromatic carbocycles. The van der Waals surface area contributed by atoms with E-state index in [1.807, 2.05) is 11.0 Å². The molecule has 3 amide bonds. The van der Waals surface area contributed by atoms with Crippen LogP contribution in [0.4, 0.5) is 4.79 Å². The van der Waals surface area contributed by atoms with E-state index in [1.54, 1.807) is 4.90 Å². The molecule has 5 heteroatoms. The lowest BCUT2D eigenvalue weighted by Gasteiger charge is -2.36. The average Bonchev–Trinajstić information content (AvgIpc) is 2.70. The lowest BCUT2D eigenvalue weighted by Crippen LogP contribution is -2.49. The van der Waals surface area contributed by atoms with Crippen LogP contribution in [0.25, 0.3) is 0 Å². The van der Waals surface area contributed by atoms with E-state index < -0.39 is 0 Å². The van der Waals surface area contributed by atoms with E-state index >= 15 is 0 Å². The van der Waals surface area contributed by atoms with Crippen LogP contribution in [0.5, 0.6) is 0 Å². The summed E-state index contributed by atoms with van der Waals surface area (Å²) in [5.74, 6) is 0.0446. The summed E-state index contributed by atoms with van der Waals surface area (Å²) in [6.45, 7) is 8.56. The Morgan fingerprint density at radius 3 is 2.61 bits per heavy atom. The molecule has 156 valence electrons. The molecule has 0 bridgehead atoms. The zero-order valence-corrected chi connectivity index (χ0v) is 17.9. The maximum Gasteiger partial charge on any atom is 0.317 e. The molecule has 1 unspecified atom stereocenters. The molecule has 1 N–H and O–H groups in total. The SMILES string of the molecule is CCCCCCN(CC(=O)N1CCc2ccccc2C1C)C(=O)NCCCC. The molecule has 0 fully saturated rings. The minimum absolute atomic E-state index is 0.0446. The maximum atomic E-state index is 13.1. The van der Waals surface area contributed by atoms with E-state index in [0.717, 1.165) is 45.1 Å². The topological polar surface area (TPSA) is 52.7 Å². The third kappa shape index (κ3) is 6.25. The van der Waals surface area contributed by atoms with Crippen molar-refractivity contribution in [1.82, 2.24) is 15.1 Å². The fourth-order valence-corrected chi connectivity index (χ4v) is 3.83. The molecular weight excluding hydrogens is 350 g/mol. The highest BCUT2D eigenvalue weighted by atomic mass is 16.2. The summed E-state index contributed by atoms with van der Waals surface area (Å²) in [6.07, 6.45) is 7.25. The maximum absolute atomic E-state index is 13.1. The molecular formula is C23H37N3O2. The first-order valence-corrected chi connectivity index (χ1v) is 11.0. The molecule has 1 aliphatic rings. The smallest absolute Gasteiger partial charge is 0.317 e. The molecule has 1 aliphatic heterocycles. The van der Waals surface area contributed by atoms with Gasteiger partial charge in [0.2, 0.25) is 5.91 Å². The molecule has 1 atom stereocenters. The Bertz CT molecular complexity index is 632. The molecule has 0 saturated heterocycles. The van der Waals surface area contributed by atoms with E-state index in [9.17, 15) is 9.59 Å². The van der Waals surface area contributed by atoms with Crippen LogP contribution in [0, 0.1) is 0 Å². The normalized spacial score (nSPS) is 15.8. The summed E-state index contributed by atoms with van der Waals surface area (Å²) < 4.78 is 0. The molecule has 0 saturated carbocycles. The summed E-state index contributed by atoms with van der Waals surface area (Å²) >= 11 is 0. The lowest BCUT2D eigenvalue weighted by molar-refractivity contribution is -0.134. The highest BCUT2D eigenvalue weighted by Crippen LogP contribution is 2.29. The van der Waals surface area contributed by atoms with Gasteiger partial charge in [-0.3, -0.25) is 4.79 Å².